The van der Waals surface area contributed by atoms with Gasteiger partial charge in [-0.25, -0.2) is 9.78 Å². The maximum Gasteiger partial charge on any atom is 0.343 e. The lowest BCUT2D eigenvalue weighted by Crippen LogP contribution is -2.43. The van der Waals surface area contributed by atoms with Gasteiger partial charge in [0.1, 0.15) is 12.4 Å². The van der Waals surface area contributed by atoms with E-state index in [-0.39, 0.29) is 12.5 Å². The Bertz CT molecular complexity index is 677. The summed E-state index contributed by atoms with van der Waals surface area (Å²) < 4.78 is 7.39. The molecule has 0 saturated heterocycles. The molecular weight excluding hydrogens is 304 g/mol. The van der Waals surface area contributed by atoms with E-state index in [0.29, 0.717) is 12.1 Å². The molecule has 0 spiro atoms. The summed E-state index contributed by atoms with van der Waals surface area (Å²) in [6.45, 7) is 2.66. The molecule has 0 aliphatic heterocycles. The highest BCUT2D eigenvalue weighted by Crippen LogP contribution is 2.41. The number of carbonyl (C=O) groups excluding carboxylic acids is 1. The van der Waals surface area contributed by atoms with E-state index in [1.807, 2.05) is 35.9 Å². The molecule has 0 bridgehead atoms. The number of imidazole rings is 1. The third-order valence-electron chi connectivity index (χ3n) is 4.96. The van der Waals surface area contributed by atoms with E-state index in [0.717, 1.165) is 31.5 Å². The van der Waals surface area contributed by atoms with Crippen molar-refractivity contribution in [3.8, 4) is 0 Å². The van der Waals surface area contributed by atoms with E-state index < -0.39 is 11.6 Å². The first kappa shape index (κ1) is 16.7. The van der Waals surface area contributed by atoms with Crippen LogP contribution in [0.5, 0.6) is 0 Å². The molecule has 1 heterocycles. The normalized spacial score (nSPS) is 17.6. The number of aliphatic hydroxyl groups is 1. The van der Waals surface area contributed by atoms with Gasteiger partial charge in [0.15, 0.2) is 5.60 Å². The van der Waals surface area contributed by atoms with Crippen LogP contribution in [0.25, 0.3) is 0 Å². The fraction of sp³-hybridized carbons (Fsp3) is 0.474. The molecule has 1 aromatic heterocycles. The number of carbonyl (C=O) groups is 1. The maximum absolute atomic E-state index is 12.8. The van der Waals surface area contributed by atoms with Crippen molar-refractivity contribution in [3.05, 3.63) is 54.1 Å². The summed E-state index contributed by atoms with van der Waals surface area (Å²) in [4.78, 5) is 16.9. The number of rotatable bonds is 6. The molecule has 1 aromatic carbocycles. The Kier molecular flexibility index (Phi) is 5.00. The fourth-order valence-corrected chi connectivity index (χ4v) is 3.54. The van der Waals surface area contributed by atoms with Gasteiger partial charge in [-0.3, -0.25) is 0 Å². The number of aryl methyl sites for hydroxylation is 1. The van der Waals surface area contributed by atoms with E-state index in [1.54, 1.807) is 18.3 Å². The maximum atomic E-state index is 12.8. The Labute approximate surface area is 142 Å². The average molecular weight is 328 g/mol. The van der Waals surface area contributed by atoms with E-state index in [1.165, 1.54) is 0 Å². The second-order valence-electron chi connectivity index (χ2n) is 6.42. The second kappa shape index (κ2) is 7.18. The highest BCUT2D eigenvalue weighted by Gasteiger charge is 2.47. The van der Waals surface area contributed by atoms with Gasteiger partial charge < -0.3 is 14.4 Å². The zero-order valence-electron chi connectivity index (χ0n) is 14.0. The van der Waals surface area contributed by atoms with E-state index in [9.17, 15) is 9.90 Å². The standard InChI is InChI=1S/C19H24N2O3/c1-15-20-11-12-21(15)13-14-24-18(22)19(23,17-9-5-6-10-17)16-7-3-2-4-8-16/h2-4,7-8,11-12,17,23H,5-6,9-10,13-14H2,1H3/t19-/m0/s1. The van der Waals surface area contributed by atoms with Gasteiger partial charge in [0.05, 0.1) is 6.54 Å². The first-order valence-corrected chi connectivity index (χ1v) is 8.55. The van der Waals surface area contributed by atoms with Gasteiger partial charge in [0, 0.05) is 18.3 Å². The van der Waals surface area contributed by atoms with Gasteiger partial charge in [-0.05, 0) is 25.3 Å². The zero-order valence-corrected chi connectivity index (χ0v) is 14.0. The Morgan fingerprint density at radius 3 is 2.67 bits per heavy atom. The minimum Gasteiger partial charge on any atom is -0.461 e. The Balaban J connectivity index is 1.73. The second-order valence-corrected chi connectivity index (χ2v) is 6.42. The molecule has 128 valence electrons. The molecule has 5 heteroatoms. The van der Waals surface area contributed by atoms with Crippen LogP contribution in [0.3, 0.4) is 0 Å². The molecule has 1 atom stereocenters. The van der Waals surface area contributed by atoms with Crippen LogP contribution in [0, 0.1) is 12.8 Å². The van der Waals surface area contributed by atoms with Crippen LogP contribution in [0.15, 0.2) is 42.7 Å². The van der Waals surface area contributed by atoms with Crippen LogP contribution in [0.4, 0.5) is 0 Å². The van der Waals surface area contributed by atoms with Crippen molar-refractivity contribution in [1.82, 2.24) is 9.55 Å². The van der Waals surface area contributed by atoms with Crippen molar-refractivity contribution in [2.75, 3.05) is 6.61 Å². The Morgan fingerprint density at radius 2 is 2.04 bits per heavy atom. The van der Waals surface area contributed by atoms with Crippen molar-refractivity contribution in [1.29, 1.82) is 0 Å². The number of hydrogen-bond acceptors (Lipinski definition) is 4. The van der Waals surface area contributed by atoms with Crippen LogP contribution in [-0.4, -0.2) is 27.2 Å². The number of benzene rings is 1. The molecular formula is C19H24N2O3. The fourth-order valence-electron chi connectivity index (χ4n) is 3.54. The minimum absolute atomic E-state index is 0.0811. The average Bonchev–Trinajstić information content (AvgIpc) is 3.27. The van der Waals surface area contributed by atoms with Crippen LogP contribution in [0.1, 0.15) is 37.1 Å². The van der Waals surface area contributed by atoms with E-state index >= 15 is 0 Å². The predicted molar refractivity (Wildman–Crippen MR) is 90.2 cm³/mol. The van der Waals surface area contributed by atoms with Crippen molar-refractivity contribution >= 4 is 5.97 Å². The molecule has 0 amide bonds. The van der Waals surface area contributed by atoms with Crippen molar-refractivity contribution in [2.45, 2.75) is 44.8 Å². The SMILES string of the molecule is Cc1nccn1CCOC(=O)[C@](O)(c1ccccc1)C1CCCC1. The number of ether oxygens (including phenoxy) is 1. The topological polar surface area (TPSA) is 64.4 Å². The number of aromatic nitrogens is 2. The summed E-state index contributed by atoms with van der Waals surface area (Å²) >= 11 is 0. The molecule has 1 fully saturated rings. The van der Waals surface area contributed by atoms with Crippen LogP contribution in [0.2, 0.25) is 0 Å². The summed E-state index contributed by atoms with van der Waals surface area (Å²) in [5.41, 5.74) is -0.928. The third-order valence-corrected chi connectivity index (χ3v) is 4.96. The molecule has 0 unspecified atom stereocenters. The third kappa shape index (κ3) is 3.22. The lowest BCUT2D eigenvalue weighted by Gasteiger charge is -2.32. The monoisotopic (exact) mass is 328 g/mol. The summed E-state index contributed by atoms with van der Waals surface area (Å²) in [7, 11) is 0. The van der Waals surface area contributed by atoms with Gasteiger partial charge in [0.2, 0.25) is 0 Å². The summed E-state index contributed by atoms with van der Waals surface area (Å²) in [5.74, 6) is 0.251. The minimum atomic E-state index is -1.55. The van der Waals surface area contributed by atoms with Crippen LogP contribution < -0.4 is 0 Å². The molecule has 3 rings (SSSR count). The molecule has 1 aliphatic carbocycles. The van der Waals surface area contributed by atoms with E-state index in [4.69, 9.17) is 4.74 Å². The molecule has 1 saturated carbocycles. The lowest BCUT2D eigenvalue weighted by atomic mass is 9.80. The molecule has 0 radical (unpaired) electrons. The van der Waals surface area contributed by atoms with Gasteiger partial charge >= 0.3 is 5.97 Å². The van der Waals surface area contributed by atoms with Gasteiger partial charge in [-0.2, -0.15) is 0 Å². The summed E-state index contributed by atoms with van der Waals surface area (Å²) in [5, 5.41) is 11.3. The Hall–Kier alpha value is -2.14. The van der Waals surface area contributed by atoms with Crippen molar-refractivity contribution in [2.24, 2.45) is 5.92 Å². The lowest BCUT2D eigenvalue weighted by molar-refractivity contribution is -0.174. The zero-order chi connectivity index (χ0) is 17.0. The Morgan fingerprint density at radius 1 is 1.33 bits per heavy atom. The van der Waals surface area contributed by atoms with Crippen LogP contribution >= 0.6 is 0 Å². The van der Waals surface area contributed by atoms with Gasteiger partial charge in [-0.15, -0.1) is 0 Å². The summed E-state index contributed by atoms with van der Waals surface area (Å²) in [6, 6.07) is 9.18. The number of nitrogens with zero attached hydrogens (tertiary/aromatic N) is 2. The molecule has 5 nitrogen and oxygen atoms in total. The van der Waals surface area contributed by atoms with Gasteiger partial charge in [-0.1, -0.05) is 43.2 Å². The highest BCUT2D eigenvalue weighted by molar-refractivity contribution is 5.81. The molecule has 2 aromatic rings. The predicted octanol–water partition coefficient (Wildman–Crippen LogP) is 2.81. The van der Waals surface area contributed by atoms with Gasteiger partial charge in [0.25, 0.3) is 0 Å². The van der Waals surface area contributed by atoms with Crippen LogP contribution in [-0.2, 0) is 21.7 Å². The molecule has 1 aliphatic rings. The number of hydrogen-bond donors (Lipinski definition) is 1. The quantitative estimate of drug-likeness (QED) is 0.828. The summed E-state index contributed by atoms with van der Waals surface area (Å²) in [6.07, 6.45) is 7.35. The number of esters is 1. The van der Waals surface area contributed by atoms with Crippen molar-refractivity contribution in [3.63, 3.8) is 0 Å². The van der Waals surface area contributed by atoms with Crippen molar-refractivity contribution < 1.29 is 14.6 Å². The van der Waals surface area contributed by atoms with E-state index in [2.05, 4.69) is 4.98 Å². The first-order valence-electron chi connectivity index (χ1n) is 8.55. The molecule has 1 N–H and O–H groups in total. The molecule has 24 heavy (non-hydrogen) atoms. The first-order chi connectivity index (χ1) is 11.6. The largest absolute Gasteiger partial charge is 0.461 e. The smallest absolute Gasteiger partial charge is 0.343 e. The highest BCUT2D eigenvalue weighted by atomic mass is 16.5.